The fourth-order valence-electron chi connectivity index (χ4n) is 2.12. The standard InChI is InChI=1S/C16H17NO6/c1-19-12-4-3-11(17-7-12)9-21-13-5-10(8-18)6-14-15(13)23-16(20-2)22-14/h3-7,16,18H,8-9H2,1-2H3. The summed E-state index contributed by atoms with van der Waals surface area (Å²) in [6, 6.07) is 7.00. The SMILES string of the molecule is COc1ccc(COc2cc(CO)cc3c2OC(OC)O3)nc1. The zero-order valence-corrected chi connectivity index (χ0v) is 12.8. The van der Waals surface area contributed by atoms with Gasteiger partial charge in [0.25, 0.3) is 0 Å². The van der Waals surface area contributed by atoms with Crippen LogP contribution in [0.1, 0.15) is 11.3 Å². The summed E-state index contributed by atoms with van der Waals surface area (Å²) in [6.45, 7) is -0.710. The molecule has 3 rings (SSSR count). The lowest BCUT2D eigenvalue weighted by Crippen LogP contribution is -2.19. The van der Waals surface area contributed by atoms with Crippen LogP contribution in [-0.4, -0.2) is 30.8 Å². The Labute approximate surface area is 133 Å². The lowest BCUT2D eigenvalue weighted by molar-refractivity contribution is -0.158. The van der Waals surface area contributed by atoms with E-state index in [2.05, 4.69) is 4.98 Å². The molecule has 23 heavy (non-hydrogen) atoms. The molecule has 1 aliphatic heterocycles. The van der Waals surface area contributed by atoms with Gasteiger partial charge in [0.15, 0.2) is 11.5 Å². The average Bonchev–Trinajstić information content (AvgIpc) is 3.03. The highest BCUT2D eigenvalue weighted by molar-refractivity contribution is 5.55. The highest BCUT2D eigenvalue weighted by atomic mass is 16.9. The number of benzene rings is 1. The Hall–Kier alpha value is -2.51. The number of methoxy groups -OCH3 is 2. The molecule has 1 unspecified atom stereocenters. The average molecular weight is 319 g/mol. The maximum absolute atomic E-state index is 9.35. The lowest BCUT2D eigenvalue weighted by Gasteiger charge is -2.10. The molecule has 7 nitrogen and oxygen atoms in total. The van der Waals surface area contributed by atoms with Crippen LogP contribution in [0.25, 0.3) is 0 Å². The maximum atomic E-state index is 9.35. The third kappa shape index (κ3) is 3.30. The molecule has 0 saturated carbocycles. The molecule has 2 aromatic rings. The number of aliphatic hydroxyl groups excluding tert-OH is 1. The Balaban J connectivity index is 1.78. The van der Waals surface area contributed by atoms with Gasteiger partial charge in [0.2, 0.25) is 5.75 Å². The maximum Gasteiger partial charge on any atom is 0.361 e. The summed E-state index contributed by atoms with van der Waals surface area (Å²) >= 11 is 0. The summed E-state index contributed by atoms with van der Waals surface area (Å²) < 4.78 is 26.8. The molecule has 1 aromatic carbocycles. The van der Waals surface area contributed by atoms with E-state index in [-0.39, 0.29) is 13.2 Å². The minimum Gasteiger partial charge on any atom is -0.495 e. The van der Waals surface area contributed by atoms with E-state index in [9.17, 15) is 5.11 Å². The van der Waals surface area contributed by atoms with Gasteiger partial charge in [-0.2, -0.15) is 0 Å². The smallest absolute Gasteiger partial charge is 0.361 e. The molecule has 0 amide bonds. The molecule has 122 valence electrons. The van der Waals surface area contributed by atoms with Crippen LogP contribution in [0.2, 0.25) is 0 Å². The summed E-state index contributed by atoms with van der Waals surface area (Å²) in [7, 11) is 3.06. The quantitative estimate of drug-likeness (QED) is 0.870. The zero-order chi connectivity index (χ0) is 16.2. The molecule has 0 bridgehead atoms. The van der Waals surface area contributed by atoms with Crippen LogP contribution >= 0.6 is 0 Å². The Bertz CT molecular complexity index is 673. The topological polar surface area (TPSA) is 79.3 Å². The van der Waals surface area contributed by atoms with E-state index in [0.29, 0.717) is 28.6 Å². The molecular formula is C16H17NO6. The van der Waals surface area contributed by atoms with Gasteiger partial charge in [-0.05, 0) is 29.8 Å². The highest BCUT2D eigenvalue weighted by Crippen LogP contribution is 2.44. The van der Waals surface area contributed by atoms with Gasteiger partial charge in [-0.25, -0.2) is 0 Å². The molecule has 1 aromatic heterocycles. The van der Waals surface area contributed by atoms with Crippen molar-refractivity contribution in [1.29, 1.82) is 0 Å². The minimum absolute atomic E-state index is 0.133. The molecule has 0 fully saturated rings. The van der Waals surface area contributed by atoms with Crippen LogP contribution in [0.4, 0.5) is 0 Å². The van der Waals surface area contributed by atoms with E-state index in [1.165, 1.54) is 7.11 Å². The molecule has 2 heterocycles. The third-order valence-electron chi connectivity index (χ3n) is 3.30. The fraction of sp³-hybridized carbons (Fsp3) is 0.312. The predicted molar refractivity (Wildman–Crippen MR) is 79.5 cm³/mol. The number of nitrogens with zero attached hydrogens (tertiary/aromatic N) is 1. The van der Waals surface area contributed by atoms with Crippen molar-refractivity contribution in [3.63, 3.8) is 0 Å². The molecule has 0 radical (unpaired) electrons. The number of fused-ring (bicyclic) bond motifs is 1. The molecule has 0 spiro atoms. The number of pyridine rings is 1. The van der Waals surface area contributed by atoms with Crippen LogP contribution < -0.4 is 18.9 Å². The van der Waals surface area contributed by atoms with Gasteiger partial charge >= 0.3 is 6.48 Å². The first-order valence-corrected chi connectivity index (χ1v) is 6.99. The summed E-state index contributed by atoms with van der Waals surface area (Å²) in [5.41, 5.74) is 1.39. The second kappa shape index (κ2) is 6.72. The Morgan fingerprint density at radius 1 is 1.22 bits per heavy atom. The summed E-state index contributed by atoms with van der Waals surface area (Å²) in [6.07, 6.45) is 1.62. The number of rotatable bonds is 6. The second-order valence-corrected chi connectivity index (χ2v) is 4.82. The van der Waals surface area contributed by atoms with E-state index in [1.807, 2.05) is 6.07 Å². The van der Waals surface area contributed by atoms with Crippen molar-refractivity contribution < 1.29 is 28.8 Å². The van der Waals surface area contributed by atoms with Gasteiger partial charge in [-0.3, -0.25) is 4.98 Å². The fourth-order valence-corrected chi connectivity index (χ4v) is 2.12. The number of ether oxygens (including phenoxy) is 5. The van der Waals surface area contributed by atoms with Gasteiger partial charge < -0.3 is 28.8 Å². The Kier molecular flexibility index (Phi) is 4.50. The van der Waals surface area contributed by atoms with Crippen molar-refractivity contribution in [2.24, 2.45) is 0 Å². The molecule has 1 aliphatic rings. The molecule has 1 N–H and O–H groups in total. The van der Waals surface area contributed by atoms with Gasteiger partial charge in [0.05, 0.1) is 25.6 Å². The van der Waals surface area contributed by atoms with Crippen molar-refractivity contribution in [1.82, 2.24) is 4.98 Å². The molecule has 0 saturated heterocycles. The zero-order valence-electron chi connectivity index (χ0n) is 12.8. The molecule has 0 aliphatic carbocycles. The Morgan fingerprint density at radius 3 is 2.74 bits per heavy atom. The number of aromatic nitrogens is 1. The largest absolute Gasteiger partial charge is 0.495 e. The van der Waals surface area contributed by atoms with Crippen LogP contribution in [-0.2, 0) is 18.0 Å². The van der Waals surface area contributed by atoms with Crippen LogP contribution in [0.15, 0.2) is 30.5 Å². The van der Waals surface area contributed by atoms with E-state index < -0.39 is 6.48 Å². The summed E-state index contributed by atoms with van der Waals surface area (Å²) in [4.78, 5) is 4.24. The first kappa shape index (κ1) is 15.4. The third-order valence-corrected chi connectivity index (χ3v) is 3.30. The first-order chi connectivity index (χ1) is 11.2. The number of hydrogen-bond acceptors (Lipinski definition) is 7. The molecular weight excluding hydrogens is 302 g/mol. The predicted octanol–water partition coefficient (Wildman–Crippen LogP) is 1.86. The van der Waals surface area contributed by atoms with Crippen molar-refractivity contribution >= 4 is 0 Å². The van der Waals surface area contributed by atoms with Gasteiger partial charge in [-0.15, -0.1) is 0 Å². The van der Waals surface area contributed by atoms with Crippen molar-refractivity contribution in [3.8, 4) is 23.0 Å². The lowest BCUT2D eigenvalue weighted by atomic mass is 10.2. The van der Waals surface area contributed by atoms with Gasteiger partial charge in [-0.1, -0.05) is 0 Å². The second-order valence-electron chi connectivity index (χ2n) is 4.82. The van der Waals surface area contributed by atoms with E-state index in [4.69, 9.17) is 23.7 Å². The van der Waals surface area contributed by atoms with E-state index in [1.54, 1.807) is 31.5 Å². The van der Waals surface area contributed by atoms with Crippen molar-refractivity contribution in [3.05, 3.63) is 41.7 Å². The van der Waals surface area contributed by atoms with Crippen LogP contribution in [0, 0.1) is 0 Å². The monoisotopic (exact) mass is 319 g/mol. The van der Waals surface area contributed by atoms with E-state index >= 15 is 0 Å². The van der Waals surface area contributed by atoms with Crippen molar-refractivity contribution in [2.75, 3.05) is 14.2 Å². The van der Waals surface area contributed by atoms with E-state index in [0.717, 1.165) is 5.69 Å². The Morgan fingerprint density at radius 2 is 2.09 bits per heavy atom. The minimum atomic E-state index is -0.819. The molecule has 1 atom stereocenters. The van der Waals surface area contributed by atoms with Gasteiger partial charge in [0.1, 0.15) is 12.4 Å². The number of aliphatic hydroxyl groups is 1. The van der Waals surface area contributed by atoms with Crippen LogP contribution in [0.5, 0.6) is 23.0 Å². The first-order valence-electron chi connectivity index (χ1n) is 6.99. The summed E-state index contributed by atoms with van der Waals surface area (Å²) in [5, 5.41) is 9.35. The van der Waals surface area contributed by atoms with Gasteiger partial charge in [0, 0.05) is 7.11 Å². The van der Waals surface area contributed by atoms with Crippen molar-refractivity contribution in [2.45, 2.75) is 19.7 Å². The normalized spacial score (nSPS) is 15.5. The summed E-state index contributed by atoms with van der Waals surface area (Å²) in [5.74, 6) is 2.06. The van der Waals surface area contributed by atoms with Crippen LogP contribution in [0.3, 0.4) is 0 Å². The number of hydrogen-bond donors (Lipinski definition) is 1. The highest BCUT2D eigenvalue weighted by Gasteiger charge is 2.28. The molecule has 7 heteroatoms.